The lowest BCUT2D eigenvalue weighted by molar-refractivity contribution is 0.218. The molecule has 5 nitrogen and oxygen atoms in total. The topological polar surface area (TPSA) is 80.4 Å². The second-order valence-corrected chi connectivity index (χ2v) is 7.21. The van der Waals surface area contributed by atoms with E-state index in [9.17, 15) is 8.42 Å². The van der Waals surface area contributed by atoms with Gasteiger partial charge in [0.05, 0.1) is 23.3 Å². The number of aliphatic hydroxyl groups is 1. The number of hydrogen-bond donors (Lipinski definition) is 1. The van der Waals surface area contributed by atoms with Crippen molar-refractivity contribution < 1.29 is 18.0 Å². The van der Waals surface area contributed by atoms with E-state index < -0.39 is 15.9 Å². The van der Waals surface area contributed by atoms with Gasteiger partial charge in [0.15, 0.2) is 9.84 Å². The first-order valence-electron chi connectivity index (χ1n) is 6.30. The van der Waals surface area contributed by atoms with Crippen LogP contribution in [0.1, 0.15) is 50.0 Å². The first-order chi connectivity index (χ1) is 8.46. The molecule has 0 aromatic carbocycles. The smallest absolute Gasteiger partial charge is 0.158 e. The molecule has 1 aliphatic carbocycles. The molecule has 1 atom stereocenters. The minimum atomic E-state index is -3.32. The fourth-order valence-corrected chi connectivity index (χ4v) is 3.89. The summed E-state index contributed by atoms with van der Waals surface area (Å²) < 4.78 is 28.6. The Morgan fingerprint density at radius 3 is 2.78 bits per heavy atom. The van der Waals surface area contributed by atoms with Crippen molar-refractivity contribution in [2.75, 3.05) is 5.75 Å². The number of aliphatic hydroxyl groups excluding tert-OH is 1. The molecule has 1 aromatic heterocycles. The second-order valence-electron chi connectivity index (χ2n) is 5.11. The zero-order valence-electron chi connectivity index (χ0n) is 10.5. The lowest BCUT2D eigenvalue weighted by Gasteiger charge is -2.03. The van der Waals surface area contributed by atoms with Crippen LogP contribution in [0.25, 0.3) is 0 Å². The molecule has 1 aliphatic rings. The minimum absolute atomic E-state index is 0.159. The highest BCUT2D eigenvalue weighted by molar-refractivity contribution is 7.90. The molecule has 1 N–H and O–H groups in total. The van der Waals surface area contributed by atoms with Crippen LogP contribution in [0.5, 0.6) is 0 Å². The maximum atomic E-state index is 11.7. The van der Waals surface area contributed by atoms with Crippen molar-refractivity contribution in [3.8, 4) is 0 Å². The van der Waals surface area contributed by atoms with E-state index in [1.54, 1.807) is 6.07 Å². The van der Waals surface area contributed by atoms with Crippen LogP contribution in [0.2, 0.25) is 0 Å². The Labute approximate surface area is 107 Å². The predicted octanol–water partition coefficient (Wildman–Crippen LogP) is 1.63. The molecule has 102 valence electrons. The van der Waals surface area contributed by atoms with Crippen LogP contribution in [-0.4, -0.2) is 30.5 Å². The summed E-state index contributed by atoms with van der Waals surface area (Å²) in [5.74, 6) is 0.799. The monoisotopic (exact) mass is 273 g/mol. The van der Waals surface area contributed by atoms with Crippen molar-refractivity contribution in [1.82, 2.24) is 5.16 Å². The number of aromatic nitrogens is 1. The number of hydrogen-bond acceptors (Lipinski definition) is 5. The molecule has 0 saturated heterocycles. The Morgan fingerprint density at radius 1 is 1.50 bits per heavy atom. The van der Waals surface area contributed by atoms with Crippen LogP contribution in [0, 0.1) is 0 Å². The van der Waals surface area contributed by atoms with Gasteiger partial charge in [0.2, 0.25) is 0 Å². The standard InChI is InChI=1S/C12H19NO4S/c1-9(14)7-18(15,16)8-11-6-12(17-13-11)10-4-2-3-5-10/h6,9-10,14H,2-5,7-8H2,1H3/t9-/m1/s1. The van der Waals surface area contributed by atoms with Crippen molar-refractivity contribution in [2.45, 2.75) is 50.4 Å². The average molecular weight is 273 g/mol. The van der Waals surface area contributed by atoms with Gasteiger partial charge >= 0.3 is 0 Å². The summed E-state index contributed by atoms with van der Waals surface area (Å²) in [5.41, 5.74) is 0.442. The third-order valence-electron chi connectivity index (χ3n) is 3.20. The summed E-state index contributed by atoms with van der Waals surface area (Å²) in [6.45, 7) is 1.46. The Morgan fingerprint density at radius 2 is 2.17 bits per heavy atom. The van der Waals surface area contributed by atoms with Gasteiger partial charge in [-0.1, -0.05) is 18.0 Å². The molecule has 6 heteroatoms. The highest BCUT2D eigenvalue weighted by Gasteiger charge is 2.23. The Kier molecular flexibility index (Phi) is 4.07. The fraction of sp³-hybridized carbons (Fsp3) is 0.750. The van der Waals surface area contributed by atoms with E-state index in [1.165, 1.54) is 19.8 Å². The summed E-state index contributed by atoms with van der Waals surface area (Å²) >= 11 is 0. The van der Waals surface area contributed by atoms with Crippen molar-refractivity contribution in [3.63, 3.8) is 0 Å². The SMILES string of the molecule is C[C@@H](O)CS(=O)(=O)Cc1cc(C2CCCC2)on1. The lowest BCUT2D eigenvalue weighted by Crippen LogP contribution is -2.19. The van der Waals surface area contributed by atoms with Gasteiger partial charge in [-0.05, 0) is 19.8 Å². The normalized spacial score (nSPS) is 19.2. The quantitative estimate of drug-likeness (QED) is 0.882. The zero-order chi connectivity index (χ0) is 13.2. The highest BCUT2D eigenvalue weighted by Crippen LogP contribution is 2.34. The van der Waals surface area contributed by atoms with Crippen molar-refractivity contribution in [2.24, 2.45) is 0 Å². The molecule has 0 bridgehead atoms. The maximum absolute atomic E-state index is 11.7. The second kappa shape index (κ2) is 5.40. The van der Waals surface area contributed by atoms with E-state index in [2.05, 4.69) is 5.16 Å². The highest BCUT2D eigenvalue weighted by atomic mass is 32.2. The van der Waals surface area contributed by atoms with Crippen molar-refractivity contribution in [3.05, 3.63) is 17.5 Å². The van der Waals surface area contributed by atoms with Gasteiger partial charge in [0, 0.05) is 12.0 Å². The number of sulfone groups is 1. The van der Waals surface area contributed by atoms with Gasteiger partial charge in [0.1, 0.15) is 5.76 Å². The first kappa shape index (κ1) is 13.5. The third-order valence-corrected chi connectivity index (χ3v) is 4.92. The molecule has 0 spiro atoms. The average Bonchev–Trinajstić information content (AvgIpc) is 2.82. The molecular formula is C12H19NO4S. The summed E-state index contributed by atoms with van der Waals surface area (Å²) in [4.78, 5) is 0. The molecule has 0 amide bonds. The molecule has 0 aliphatic heterocycles. The van der Waals surface area contributed by atoms with E-state index in [0.29, 0.717) is 11.6 Å². The van der Waals surface area contributed by atoms with E-state index in [1.807, 2.05) is 0 Å². The van der Waals surface area contributed by atoms with E-state index in [4.69, 9.17) is 9.63 Å². The van der Waals surface area contributed by atoms with Gasteiger partial charge in [-0.2, -0.15) is 0 Å². The largest absolute Gasteiger partial charge is 0.392 e. The van der Waals surface area contributed by atoms with Gasteiger partial charge in [0.25, 0.3) is 0 Å². The van der Waals surface area contributed by atoms with E-state index >= 15 is 0 Å². The first-order valence-corrected chi connectivity index (χ1v) is 8.12. The minimum Gasteiger partial charge on any atom is -0.392 e. The third kappa shape index (κ3) is 3.55. The molecule has 1 saturated carbocycles. The summed E-state index contributed by atoms with van der Waals surface area (Å²) in [5, 5.41) is 12.9. The molecule has 0 radical (unpaired) electrons. The van der Waals surface area contributed by atoms with Gasteiger partial charge in [-0.25, -0.2) is 8.42 Å². The van der Waals surface area contributed by atoms with E-state index in [-0.39, 0.29) is 11.5 Å². The van der Waals surface area contributed by atoms with Gasteiger partial charge < -0.3 is 9.63 Å². The summed E-state index contributed by atoms with van der Waals surface area (Å²) in [7, 11) is -3.32. The summed E-state index contributed by atoms with van der Waals surface area (Å²) in [6, 6.07) is 1.75. The molecule has 2 rings (SSSR count). The van der Waals surface area contributed by atoms with Crippen LogP contribution < -0.4 is 0 Å². The molecule has 1 aromatic rings. The lowest BCUT2D eigenvalue weighted by atomic mass is 10.1. The van der Waals surface area contributed by atoms with Crippen LogP contribution in [0.4, 0.5) is 0 Å². The molecule has 1 heterocycles. The molecule has 18 heavy (non-hydrogen) atoms. The Hall–Kier alpha value is -0.880. The van der Waals surface area contributed by atoms with Gasteiger partial charge in [-0.3, -0.25) is 0 Å². The Bertz CT molecular complexity index is 486. The van der Waals surface area contributed by atoms with Crippen LogP contribution in [-0.2, 0) is 15.6 Å². The van der Waals surface area contributed by atoms with Crippen molar-refractivity contribution in [1.29, 1.82) is 0 Å². The Balaban J connectivity index is 2.02. The zero-order valence-corrected chi connectivity index (χ0v) is 11.3. The fourth-order valence-electron chi connectivity index (χ4n) is 2.45. The van der Waals surface area contributed by atoms with Crippen molar-refractivity contribution >= 4 is 9.84 Å². The number of nitrogens with zero attached hydrogens (tertiary/aromatic N) is 1. The van der Waals surface area contributed by atoms with E-state index in [0.717, 1.165) is 18.6 Å². The van der Waals surface area contributed by atoms with Crippen LogP contribution in [0.15, 0.2) is 10.6 Å². The maximum Gasteiger partial charge on any atom is 0.158 e. The predicted molar refractivity (Wildman–Crippen MR) is 66.9 cm³/mol. The van der Waals surface area contributed by atoms with Crippen LogP contribution in [0.3, 0.4) is 0 Å². The molecular weight excluding hydrogens is 254 g/mol. The summed E-state index contributed by atoms with van der Waals surface area (Å²) in [6.07, 6.45) is 3.72. The van der Waals surface area contributed by atoms with Crippen LogP contribution >= 0.6 is 0 Å². The molecule has 1 fully saturated rings. The number of rotatable bonds is 5. The van der Waals surface area contributed by atoms with Gasteiger partial charge in [-0.15, -0.1) is 0 Å². The molecule has 0 unspecified atom stereocenters.